The predicted molar refractivity (Wildman–Crippen MR) is 132 cm³/mol. The van der Waals surface area contributed by atoms with Crippen molar-refractivity contribution < 1.29 is 13.7 Å². The molecule has 1 amide bonds. The van der Waals surface area contributed by atoms with Gasteiger partial charge < -0.3 is 13.8 Å². The van der Waals surface area contributed by atoms with Crippen LogP contribution < -0.4 is 0 Å². The number of hydrogen-bond acceptors (Lipinski definition) is 6. The zero-order chi connectivity index (χ0) is 23.7. The maximum atomic E-state index is 13.6. The topological polar surface area (TPSA) is 75.6 Å². The van der Waals surface area contributed by atoms with Crippen LogP contribution in [0.1, 0.15) is 33.1 Å². The Morgan fingerprint density at radius 1 is 1.06 bits per heavy atom. The largest absolute Gasteiger partial charge is 0.466 e. The summed E-state index contributed by atoms with van der Waals surface area (Å²) in [5, 5.41) is 4.75. The van der Waals surface area contributed by atoms with Crippen LogP contribution in [0.25, 0.3) is 28.4 Å². The number of aromatic nitrogens is 2. The van der Waals surface area contributed by atoms with Crippen LogP contribution in [-0.2, 0) is 0 Å². The molecule has 1 fully saturated rings. The van der Waals surface area contributed by atoms with Gasteiger partial charge in [0.25, 0.3) is 11.6 Å². The number of carbonyl (C=O) groups excluding carboxylic acids is 1. The molecule has 7 nitrogen and oxygen atoms in total. The summed E-state index contributed by atoms with van der Waals surface area (Å²) in [7, 11) is 0. The van der Waals surface area contributed by atoms with E-state index >= 15 is 0 Å². The normalized spacial score (nSPS) is 15.0. The van der Waals surface area contributed by atoms with Crippen molar-refractivity contribution in [2.45, 2.75) is 20.8 Å². The number of amides is 1. The zero-order valence-corrected chi connectivity index (χ0v) is 19.7. The van der Waals surface area contributed by atoms with Crippen molar-refractivity contribution in [1.29, 1.82) is 0 Å². The molecule has 0 atom stereocenters. The van der Waals surface area contributed by atoms with E-state index in [0.717, 1.165) is 36.7 Å². The standard InChI is InChI=1S/C27H28N4O3/c1-18-16-22(20(3)33-18)24-17-23(25-19(2)29-34-26(25)28-24)27(32)31-14-12-30(13-15-31)11-7-10-21-8-5-4-6-9-21/h4-10,16-17H,11-15H2,1-3H3/b10-7+. The van der Waals surface area contributed by atoms with Crippen molar-refractivity contribution in [3.05, 3.63) is 76.9 Å². The van der Waals surface area contributed by atoms with Crippen LogP contribution in [0.4, 0.5) is 0 Å². The second-order valence-electron chi connectivity index (χ2n) is 8.74. The van der Waals surface area contributed by atoms with Gasteiger partial charge in [0.1, 0.15) is 11.5 Å². The fourth-order valence-electron chi connectivity index (χ4n) is 4.49. The van der Waals surface area contributed by atoms with E-state index in [0.29, 0.717) is 41.1 Å². The van der Waals surface area contributed by atoms with Crippen LogP contribution in [0.3, 0.4) is 0 Å². The first-order valence-corrected chi connectivity index (χ1v) is 11.6. The Hall–Kier alpha value is -3.71. The highest BCUT2D eigenvalue weighted by Crippen LogP contribution is 2.31. The number of furan rings is 1. The maximum absolute atomic E-state index is 13.6. The lowest BCUT2D eigenvalue weighted by Crippen LogP contribution is -2.48. The fraction of sp³-hybridized carbons (Fsp3) is 0.296. The van der Waals surface area contributed by atoms with Gasteiger partial charge in [-0.1, -0.05) is 47.6 Å². The number of pyridine rings is 1. The maximum Gasteiger partial charge on any atom is 0.259 e. The Morgan fingerprint density at radius 2 is 1.82 bits per heavy atom. The van der Waals surface area contributed by atoms with Gasteiger partial charge in [0.15, 0.2) is 0 Å². The van der Waals surface area contributed by atoms with E-state index in [1.807, 2.05) is 56.0 Å². The molecule has 3 aromatic heterocycles. The SMILES string of the molecule is Cc1cc(-c2cc(C(=O)N3CCN(C/C=C/c4ccccc4)CC3)c3c(C)noc3n2)c(C)o1. The molecule has 0 saturated carbocycles. The van der Waals surface area contributed by atoms with Gasteiger partial charge in [-0.2, -0.15) is 0 Å². The number of carbonyl (C=O) groups is 1. The van der Waals surface area contributed by atoms with Crippen molar-refractivity contribution in [3.8, 4) is 11.3 Å². The first kappa shape index (κ1) is 22.1. The molecule has 0 unspecified atom stereocenters. The third-order valence-corrected chi connectivity index (χ3v) is 6.30. The summed E-state index contributed by atoms with van der Waals surface area (Å²) < 4.78 is 11.1. The van der Waals surface area contributed by atoms with Gasteiger partial charge in [-0.15, -0.1) is 0 Å². The number of hydrogen-bond donors (Lipinski definition) is 0. The predicted octanol–water partition coefficient (Wildman–Crippen LogP) is 4.88. The molecule has 174 valence electrons. The molecule has 1 aliphatic heterocycles. The van der Waals surface area contributed by atoms with Gasteiger partial charge in [-0.3, -0.25) is 9.69 Å². The first-order valence-electron chi connectivity index (χ1n) is 11.6. The van der Waals surface area contributed by atoms with Crippen LogP contribution in [0, 0.1) is 20.8 Å². The fourth-order valence-corrected chi connectivity index (χ4v) is 4.49. The van der Waals surface area contributed by atoms with Crippen molar-refractivity contribution in [1.82, 2.24) is 19.9 Å². The Morgan fingerprint density at radius 3 is 2.53 bits per heavy atom. The molecular weight excluding hydrogens is 428 g/mol. The Kier molecular flexibility index (Phi) is 6.02. The quantitative estimate of drug-likeness (QED) is 0.426. The second kappa shape index (κ2) is 9.27. The lowest BCUT2D eigenvalue weighted by atomic mass is 10.0. The second-order valence-corrected chi connectivity index (χ2v) is 8.74. The number of fused-ring (bicyclic) bond motifs is 1. The van der Waals surface area contributed by atoms with Crippen LogP contribution in [0.15, 0.2) is 57.5 Å². The molecule has 0 radical (unpaired) electrons. The Labute approximate surface area is 198 Å². The van der Waals surface area contributed by atoms with Crippen molar-refractivity contribution in [2.75, 3.05) is 32.7 Å². The van der Waals surface area contributed by atoms with Crippen molar-refractivity contribution in [2.24, 2.45) is 0 Å². The van der Waals surface area contributed by atoms with Gasteiger partial charge in [0.05, 0.1) is 22.3 Å². The monoisotopic (exact) mass is 456 g/mol. The minimum Gasteiger partial charge on any atom is -0.466 e. The van der Waals surface area contributed by atoms with Gasteiger partial charge in [-0.25, -0.2) is 4.98 Å². The summed E-state index contributed by atoms with van der Waals surface area (Å²) in [4.78, 5) is 22.5. The van der Waals surface area contributed by atoms with Gasteiger partial charge in [0, 0.05) is 38.3 Å². The highest BCUT2D eigenvalue weighted by Gasteiger charge is 2.26. The van der Waals surface area contributed by atoms with E-state index in [-0.39, 0.29) is 5.91 Å². The minimum atomic E-state index is -0.0164. The lowest BCUT2D eigenvalue weighted by Gasteiger charge is -2.34. The summed E-state index contributed by atoms with van der Waals surface area (Å²) in [5.74, 6) is 1.54. The number of benzene rings is 1. The Balaban J connectivity index is 1.33. The van der Waals surface area contributed by atoms with Crippen molar-refractivity contribution in [3.63, 3.8) is 0 Å². The molecule has 7 heteroatoms. The number of nitrogens with zero attached hydrogens (tertiary/aromatic N) is 4. The molecule has 4 heterocycles. The summed E-state index contributed by atoms with van der Waals surface area (Å²) in [6.07, 6.45) is 4.32. The summed E-state index contributed by atoms with van der Waals surface area (Å²) in [5.41, 5.74) is 4.34. The van der Waals surface area contributed by atoms with Crippen LogP contribution in [0.5, 0.6) is 0 Å². The highest BCUT2D eigenvalue weighted by molar-refractivity contribution is 6.07. The number of aryl methyl sites for hydroxylation is 3. The van der Waals surface area contributed by atoms with Crippen LogP contribution >= 0.6 is 0 Å². The molecule has 5 rings (SSSR count). The van der Waals surface area contributed by atoms with Gasteiger partial charge >= 0.3 is 0 Å². The molecule has 0 bridgehead atoms. The van der Waals surface area contributed by atoms with Crippen molar-refractivity contribution >= 4 is 23.1 Å². The van der Waals surface area contributed by atoms with E-state index in [1.54, 1.807) is 0 Å². The minimum absolute atomic E-state index is 0.0164. The zero-order valence-electron chi connectivity index (χ0n) is 19.7. The highest BCUT2D eigenvalue weighted by atomic mass is 16.5. The third-order valence-electron chi connectivity index (χ3n) is 6.30. The average molecular weight is 457 g/mol. The molecule has 4 aromatic rings. The summed E-state index contributed by atoms with van der Waals surface area (Å²) >= 11 is 0. The summed E-state index contributed by atoms with van der Waals surface area (Å²) in [6, 6.07) is 14.1. The Bertz CT molecular complexity index is 1350. The number of piperazine rings is 1. The third kappa shape index (κ3) is 4.39. The molecular formula is C27H28N4O3. The van der Waals surface area contributed by atoms with Crippen LogP contribution in [-0.4, -0.2) is 58.6 Å². The molecule has 1 aliphatic rings. The lowest BCUT2D eigenvalue weighted by molar-refractivity contribution is 0.0652. The van der Waals surface area contributed by atoms with E-state index < -0.39 is 0 Å². The van der Waals surface area contributed by atoms with Gasteiger partial charge in [-0.05, 0) is 38.5 Å². The summed E-state index contributed by atoms with van der Waals surface area (Å²) in [6.45, 7) is 9.50. The molecule has 0 spiro atoms. The molecule has 34 heavy (non-hydrogen) atoms. The number of rotatable bonds is 5. The van der Waals surface area contributed by atoms with E-state index in [4.69, 9.17) is 8.94 Å². The van der Waals surface area contributed by atoms with E-state index in [2.05, 4.69) is 39.3 Å². The average Bonchev–Trinajstić information content (AvgIpc) is 3.40. The van der Waals surface area contributed by atoms with E-state index in [1.165, 1.54) is 5.56 Å². The molecule has 1 aromatic carbocycles. The van der Waals surface area contributed by atoms with Gasteiger partial charge in [0.2, 0.25) is 0 Å². The first-order chi connectivity index (χ1) is 16.5. The van der Waals surface area contributed by atoms with E-state index in [9.17, 15) is 4.79 Å². The van der Waals surface area contributed by atoms with Crippen LogP contribution in [0.2, 0.25) is 0 Å². The molecule has 0 aliphatic carbocycles. The smallest absolute Gasteiger partial charge is 0.259 e. The molecule has 1 saturated heterocycles. The molecule has 0 N–H and O–H groups in total.